The fourth-order valence-corrected chi connectivity index (χ4v) is 2.51. The van der Waals surface area contributed by atoms with Crippen molar-refractivity contribution in [1.82, 2.24) is 10.6 Å². The van der Waals surface area contributed by atoms with Gasteiger partial charge >= 0.3 is 0 Å². The summed E-state index contributed by atoms with van der Waals surface area (Å²) in [5, 5.41) is 20.7. The molecule has 23 heavy (non-hydrogen) atoms. The second-order valence-electron chi connectivity index (χ2n) is 5.01. The van der Waals surface area contributed by atoms with E-state index in [0.717, 1.165) is 12.1 Å². The molecule has 0 bridgehead atoms. The van der Waals surface area contributed by atoms with E-state index in [1.165, 1.54) is 0 Å². The molecule has 0 saturated heterocycles. The van der Waals surface area contributed by atoms with Crippen LogP contribution in [-0.4, -0.2) is 57.6 Å². The molecular weight excluding hydrogens is 429 g/mol. The Morgan fingerprint density at radius 3 is 2.74 bits per heavy atom. The van der Waals surface area contributed by atoms with E-state index < -0.39 is 5.60 Å². The first kappa shape index (κ1) is 22.6. The van der Waals surface area contributed by atoms with Crippen LogP contribution in [0.4, 0.5) is 0 Å². The Labute approximate surface area is 159 Å². The van der Waals surface area contributed by atoms with Gasteiger partial charge in [0.05, 0.1) is 26.4 Å². The third kappa shape index (κ3) is 9.46. The molecule has 1 aromatic rings. The highest BCUT2D eigenvalue weighted by atomic mass is 127. The van der Waals surface area contributed by atoms with Crippen molar-refractivity contribution in [2.75, 3.05) is 46.6 Å². The van der Waals surface area contributed by atoms with Crippen LogP contribution in [0.5, 0.6) is 0 Å². The summed E-state index contributed by atoms with van der Waals surface area (Å²) in [6.45, 7) is 7.24. The van der Waals surface area contributed by atoms with Gasteiger partial charge in [0.25, 0.3) is 0 Å². The Balaban J connectivity index is 0.00000484. The highest BCUT2D eigenvalue weighted by Gasteiger charge is 2.23. The van der Waals surface area contributed by atoms with E-state index in [4.69, 9.17) is 9.47 Å². The summed E-state index contributed by atoms with van der Waals surface area (Å²) in [7, 11) is 1.65. The van der Waals surface area contributed by atoms with E-state index in [2.05, 4.69) is 15.6 Å². The van der Waals surface area contributed by atoms with Crippen LogP contribution in [0.15, 0.2) is 21.8 Å². The predicted octanol–water partition coefficient (Wildman–Crippen LogP) is 1.79. The normalized spacial score (nSPS) is 14.0. The minimum absolute atomic E-state index is 0. The number of rotatable bonds is 10. The zero-order valence-electron chi connectivity index (χ0n) is 14.0. The van der Waals surface area contributed by atoms with Gasteiger partial charge in [-0.15, -0.1) is 24.0 Å². The lowest BCUT2D eigenvalue weighted by molar-refractivity contribution is 0.0674. The van der Waals surface area contributed by atoms with E-state index in [1.807, 2.05) is 23.8 Å². The summed E-state index contributed by atoms with van der Waals surface area (Å²) in [5.74, 6) is 0.674. The Bertz CT molecular complexity index is 428. The number of halogens is 1. The monoisotopic (exact) mass is 457 g/mol. The van der Waals surface area contributed by atoms with E-state index in [-0.39, 0.29) is 24.0 Å². The summed E-state index contributed by atoms with van der Waals surface area (Å²) in [4.78, 5) is 4.44. The van der Waals surface area contributed by atoms with Gasteiger partial charge in [-0.3, -0.25) is 0 Å². The molecule has 0 aliphatic carbocycles. The van der Waals surface area contributed by atoms with Crippen LogP contribution in [0, 0.1) is 0 Å². The van der Waals surface area contributed by atoms with Crippen LogP contribution in [-0.2, 0) is 15.1 Å². The average Bonchev–Trinajstić information content (AvgIpc) is 3.03. The number of thiophene rings is 1. The molecule has 0 fully saturated rings. The van der Waals surface area contributed by atoms with Crippen LogP contribution in [0.2, 0.25) is 0 Å². The lowest BCUT2D eigenvalue weighted by Gasteiger charge is -2.21. The molecule has 0 spiro atoms. The first-order valence-electron chi connectivity index (χ1n) is 7.44. The SMILES string of the molecule is CCNC(=NCC(C)(O)c1ccsc1)NCCOCCOC.I. The number of guanidine groups is 1. The molecule has 0 aromatic carbocycles. The van der Waals surface area contributed by atoms with Crippen LogP contribution in [0.1, 0.15) is 19.4 Å². The third-order valence-corrected chi connectivity index (χ3v) is 3.69. The van der Waals surface area contributed by atoms with Crippen LogP contribution in [0.25, 0.3) is 0 Å². The van der Waals surface area contributed by atoms with Gasteiger partial charge < -0.3 is 25.2 Å². The second kappa shape index (κ2) is 12.9. The van der Waals surface area contributed by atoms with Crippen molar-refractivity contribution in [2.45, 2.75) is 19.4 Å². The van der Waals surface area contributed by atoms with Gasteiger partial charge in [0, 0.05) is 20.2 Å². The van der Waals surface area contributed by atoms with E-state index in [0.29, 0.717) is 38.9 Å². The Kier molecular flexibility index (Phi) is 12.7. The standard InChI is InChI=1S/C15H27N3O3S.HI/c1-4-16-14(17-6-7-21-9-8-20-3)18-12-15(2,19)13-5-10-22-11-13;/h5,10-11,19H,4,6-9,12H2,1-3H3,(H2,16,17,18);1H. The number of aliphatic imine (C=N–C) groups is 1. The van der Waals surface area contributed by atoms with Crippen LogP contribution >= 0.6 is 35.3 Å². The fraction of sp³-hybridized carbons (Fsp3) is 0.667. The van der Waals surface area contributed by atoms with Gasteiger partial charge in [0.15, 0.2) is 5.96 Å². The molecule has 8 heteroatoms. The number of hydrogen-bond donors (Lipinski definition) is 3. The molecule has 0 aliphatic heterocycles. The van der Waals surface area contributed by atoms with Crippen LogP contribution in [0.3, 0.4) is 0 Å². The first-order valence-corrected chi connectivity index (χ1v) is 8.38. The number of methoxy groups -OCH3 is 1. The lowest BCUT2D eigenvalue weighted by atomic mass is 10.00. The molecule has 1 unspecified atom stereocenters. The smallest absolute Gasteiger partial charge is 0.191 e. The fourth-order valence-electron chi connectivity index (χ4n) is 1.72. The zero-order valence-corrected chi connectivity index (χ0v) is 17.1. The van der Waals surface area contributed by atoms with Gasteiger partial charge in [-0.25, -0.2) is 4.99 Å². The topological polar surface area (TPSA) is 75.1 Å². The lowest BCUT2D eigenvalue weighted by Crippen LogP contribution is -2.40. The number of nitrogens with zero attached hydrogens (tertiary/aromatic N) is 1. The summed E-state index contributed by atoms with van der Waals surface area (Å²) >= 11 is 1.57. The molecule has 1 rings (SSSR count). The summed E-state index contributed by atoms with van der Waals surface area (Å²) in [6, 6.07) is 1.92. The van der Waals surface area contributed by atoms with Crippen molar-refractivity contribution in [3.05, 3.63) is 22.4 Å². The molecule has 0 aliphatic rings. The molecule has 0 radical (unpaired) electrons. The van der Waals surface area contributed by atoms with E-state index in [9.17, 15) is 5.11 Å². The molecule has 1 aromatic heterocycles. The molecular formula is C15H28IN3O3S. The second-order valence-corrected chi connectivity index (χ2v) is 5.79. The summed E-state index contributed by atoms with van der Waals surface area (Å²) in [6.07, 6.45) is 0. The third-order valence-electron chi connectivity index (χ3n) is 3.00. The first-order chi connectivity index (χ1) is 10.6. The zero-order chi connectivity index (χ0) is 16.3. The molecule has 3 N–H and O–H groups in total. The van der Waals surface area contributed by atoms with Gasteiger partial charge in [-0.05, 0) is 36.2 Å². The maximum Gasteiger partial charge on any atom is 0.191 e. The van der Waals surface area contributed by atoms with Gasteiger partial charge in [0.2, 0.25) is 0 Å². The van der Waals surface area contributed by atoms with Crippen molar-refractivity contribution < 1.29 is 14.6 Å². The molecule has 6 nitrogen and oxygen atoms in total. The van der Waals surface area contributed by atoms with Crippen molar-refractivity contribution in [3.8, 4) is 0 Å². The van der Waals surface area contributed by atoms with Crippen molar-refractivity contribution in [1.29, 1.82) is 0 Å². The van der Waals surface area contributed by atoms with Gasteiger partial charge in [-0.2, -0.15) is 11.3 Å². The van der Waals surface area contributed by atoms with Crippen molar-refractivity contribution in [2.24, 2.45) is 4.99 Å². The van der Waals surface area contributed by atoms with E-state index in [1.54, 1.807) is 25.4 Å². The summed E-state index contributed by atoms with van der Waals surface area (Å²) < 4.78 is 10.3. The van der Waals surface area contributed by atoms with Crippen molar-refractivity contribution in [3.63, 3.8) is 0 Å². The van der Waals surface area contributed by atoms with Gasteiger partial charge in [-0.1, -0.05) is 0 Å². The number of nitrogens with one attached hydrogen (secondary N) is 2. The number of hydrogen-bond acceptors (Lipinski definition) is 5. The largest absolute Gasteiger partial charge is 0.383 e. The molecule has 0 saturated carbocycles. The average molecular weight is 457 g/mol. The molecule has 1 heterocycles. The highest BCUT2D eigenvalue weighted by molar-refractivity contribution is 14.0. The maximum atomic E-state index is 10.5. The Morgan fingerprint density at radius 2 is 2.13 bits per heavy atom. The van der Waals surface area contributed by atoms with Gasteiger partial charge in [0.1, 0.15) is 5.60 Å². The van der Waals surface area contributed by atoms with Crippen LogP contribution < -0.4 is 10.6 Å². The molecule has 134 valence electrons. The molecule has 1 atom stereocenters. The predicted molar refractivity (Wildman–Crippen MR) is 106 cm³/mol. The van der Waals surface area contributed by atoms with Crippen molar-refractivity contribution >= 4 is 41.3 Å². The maximum absolute atomic E-state index is 10.5. The minimum atomic E-state index is -0.961. The van der Waals surface area contributed by atoms with E-state index >= 15 is 0 Å². The molecule has 0 amide bonds. The number of aliphatic hydroxyl groups is 1. The quantitative estimate of drug-likeness (QED) is 0.216. The number of ether oxygens (including phenoxy) is 2. The Hall–Kier alpha value is -0.420. The Morgan fingerprint density at radius 1 is 1.35 bits per heavy atom. The minimum Gasteiger partial charge on any atom is -0.383 e. The highest BCUT2D eigenvalue weighted by Crippen LogP contribution is 2.23. The summed E-state index contributed by atoms with van der Waals surface area (Å²) in [5.41, 5.74) is -0.0721.